The Hall–Kier alpha value is -1.40. The molecule has 0 saturated heterocycles. The molecule has 3 N–H and O–H groups in total. The molecule has 0 fully saturated rings. The number of hydrogen-bond donors (Lipinski definition) is 2. The SMILES string of the molecule is CCCCN(CC(N)=O)CC(=O)Nc1ccc(C)cc1Br. The first-order valence-corrected chi connectivity index (χ1v) is 7.78. The van der Waals surface area contributed by atoms with E-state index in [1.165, 1.54) is 0 Å². The number of hydrogen-bond acceptors (Lipinski definition) is 3. The molecule has 6 heteroatoms. The van der Waals surface area contributed by atoms with Gasteiger partial charge in [0.1, 0.15) is 0 Å². The first kappa shape index (κ1) is 17.7. The Kier molecular flexibility index (Phi) is 7.39. The lowest BCUT2D eigenvalue weighted by Crippen LogP contribution is -2.39. The molecule has 0 saturated carbocycles. The molecule has 0 aliphatic carbocycles. The van der Waals surface area contributed by atoms with E-state index in [0.717, 1.165) is 28.6 Å². The first-order valence-electron chi connectivity index (χ1n) is 6.99. The van der Waals surface area contributed by atoms with Crippen molar-refractivity contribution in [2.24, 2.45) is 5.73 Å². The van der Waals surface area contributed by atoms with Crippen LogP contribution in [0.2, 0.25) is 0 Å². The maximum Gasteiger partial charge on any atom is 0.238 e. The van der Waals surface area contributed by atoms with E-state index >= 15 is 0 Å². The topological polar surface area (TPSA) is 75.4 Å². The second-order valence-corrected chi connectivity index (χ2v) is 5.92. The quantitative estimate of drug-likeness (QED) is 0.750. The van der Waals surface area contributed by atoms with Crippen LogP contribution in [-0.4, -0.2) is 36.3 Å². The highest BCUT2D eigenvalue weighted by Gasteiger charge is 2.13. The number of amides is 2. The molecule has 1 aromatic carbocycles. The number of carbonyl (C=O) groups excluding carboxylic acids is 2. The molecule has 0 heterocycles. The fourth-order valence-corrected chi connectivity index (χ4v) is 2.52. The van der Waals surface area contributed by atoms with Gasteiger partial charge < -0.3 is 11.1 Å². The van der Waals surface area contributed by atoms with Gasteiger partial charge in [0, 0.05) is 4.47 Å². The van der Waals surface area contributed by atoms with Gasteiger partial charge in [-0.3, -0.25) is 14.5 Å². The number of aryl methyl sites for hydroxylation is 1. The summed E-state index contributed by atoms with van der Waals surface area (Å²) in [4.78, 5) is 24.9. The molecule has 0 aliphatic rings. The zero-order valence-corrected chi connectivity index (χ0v) is 14.1. The lowest BCUT2D eigenvalue weighted by atomic mass is 10.2. The predicted molar refractivity (Wildman–Crippen MR) is 88.1 cm³/mol. The number of anilines is 1. The number of carbonyl (C=O) groups is 2. The molecular weight excluding hydrogens is 334 g/mol. The largest absolute Gasteiger partial charge is 0.369 e. The molecular formula is C15H22BrN3O2. The van der Waals surface area contributed by atoms with Gasteiger partial charge >= 0.3 is 0 Å². The van der Waals surface area contributed by atoms with Gasteiger partial charge in [0.2, 0.25) is 11.8 Å². The van der Waals surface area contributed by atoms with Crippen molar-refractivity contribution >= 4 is 33.4 Å². The Labute approximate surface area is 134 Å². The average Bonchev–Trinajstić information content (AvgIpc) is 2.38. The Morgan fingerprint density at radius 2 is 2.05 bits per heavy atom. The minimum absolute atomic E-state index is 0.0997. The molecule has 2 amide bonds. The van der Waals surface area contributed by atoms with Crippen molar-refractivity contribution in [3.8, 4) is 0 Å². The number of benzene rings is 1. The molecule has 0 spiro atoms. The van der Waals surface area contributed by atoms with E-state index in [1.807, 2.05) is 25.1 Å². The van der Waals surface area contributed by atoms with Gasteiger partial charge in [0.15, 0.2) is 0 Å². The van der Waals surface area contributed by atoms with E-state index in [2.05, 4.69) is 28.2 Å². The third-order valence-corrected chi connectivity index (χ3v) is 3.63. The molecule has 116 valence electrons. The summed E-state index contributed by atoms with van der Waals surface area (Å²) in [6.07, 6.45) is 1.93. The van der Waals surface area contributed by atoms with Gasteiger partial charge in [-0.05, 0) is 53.5 Å². The summed E-state index contributed by atoms with van der Waals surface area (Å²) in [6.45, 7) is 4.98. The lowest BCUT2D eigenvalue weighted by Gasteiger charge is -2.20. The van der Waals surface area contributed by atoms with Crippen LogP contribution >= 0.6 is 15.9 Å². The standard InChI is InChI=1S/C15H22BrN3O2/c1-3-4-7-19(9-14(17)20)10-15(21)18-13-6-5-11(2)8-12(13)16/h5-6,8H,3-4,7,9-10H2,1-2H3,(H2,17,20)(H,18,21). The van der Waals surface area contributed by atoms with Crippen LogP contribution in [-0.2, 0) is 9.59 Å². The summed E-state index contributed by atoms with van der Waals surface area (Å²) < 4.78 is 0.839. The van der Waals surface area contributed by atoms with E-state index in [1.54, 1.807) is 4.90 Å². The maximum atomic E-state index is 12.1. The van der Waals surface area contributed by atoms with Gasteiger partial charge in [-0.1, -0.05) is 19.4 Å². The van der Waals surface area contributed by atoms with Gasteiger partial charge in [-0.25, -0.2) is 0 Å². The number of unbranched alkanes of at least 4 members (excludes halogenated alkanes) is 1. The highest BCUT2D eigenvalue weighted by atomic mass is 79.9. The molecule has 0 atom stereocenters. The van der Waals surface area contributed by atoms with Gasteiger partial charge in [0.25, 0.3) is 0 Å². The minimum atomic E-state index is -0.421. The predicted octanol–water partition coefficient (Wildman–Crippen LogP) is 2.28. The van der Waals surface area contributed by atoms with Gasteiger partial charge in [-0.2, -0.15) is 0 Å². The number of halogens is 1. The summed E-state index contributed by atoms with van der Waals surface area (Å²) in [5.41, 5.74) is 7.05. The number of rotatable bonds is 8. The zero-order chi connectivity index (χ0) is 15.8. The number of nitrogens with two attached hydrogens (primary N) is 1. The summed E-state index contributed by atoms with van der Waals surface area (Å²) in [5, 5.41) is 2.84. The van der Waals surface area contributed by atoms with Crippen molar-refractivity contribution < 1.29 is 9.59 Å². The molecule has 1 rings (SSSR count). The minimum Gasteiger partial charge on any atom is -0.369 e. The molecule has 1 aromatic rings. The zero-order valence-electron chi connectivity index (χ0n) is 12.5. The Morgan fingerprint density at radius 1 is 1.33 bits per heavy atom. The van der Waals surface area contributed by atoms with E-state index in [-0.39, 0.29) is 19.0 Å². The second-order valence-electron chi connectivity index (χ2n) is 5.06. The van der Waals surface area contributed by atoms with Crippen molar-refractivity contribution in [1.82, 2.24) is 4.90 Å². The summed E-state index contributed by atoms with van der Waals surface area (Å²) in [6, 6.07) is 5.72. The highest BCUT2D eigenvalue weighted by Crippen LogP contribution is 2.23. The Morgan fingerprint density at radius 3 is 2.62 bits per heavy atom. The van der Waals surface area contributed by atoms with Crippen molar-refractivity contribution in [1.29, 1.82) is 0 Å². The lowest BCUT2D eigenvalue weighted by molar-refractivity contribution is -0.121. The third kappa shape index (κ3) is 6.73. The first-order chi connectivity index (χ1) is 9.92. The average molecular weight is 356 g/mol. The van der Waals surface area contributed by atoms with Crippen molar-refractivity contribution in [3.05, 3.63) is 28.2 Å². The van der Waals surface area contributed by atoms with Crippen LogP contribution in [0.1, 0.15) is 25.3 Å². The molecule has 5 nitrogen and oxygen atoms in total. The molecule has 0 radical (unpaired) electrons. The normalized spacial score (nSPS) is 10.7. The van der Waals surface area contributed by atoms with Crippen LogP contribution in [0.5, 0.6) is 0 Å². The van der Waals surface area contributed by atoms with Crippen LogP contribution in [0.15, 0.2) is 22.7 Å². The van der Waals surface area contributed by atoms with Crippen LogP contribution < -0.4 is 11.1 Å². The van der Waals surface area contributed by atoms with Gasteiger partial charge in [-0.15, -0.1) is 0 Å². The van der Waals surface area contributed by atoms with Gasteiger partial charge in [0.05, 0.1) is 18.8 Å². The van der Waals surface area contributed by atoms with Crippen LogP contribution in [0, 0.1) is 6.92 Å². The van der Waals surface area contributed by atoms with E-state index in [0.29, 0.717) is 6.54 Å². The Balaban J connectivity index is 2.61. The molecule has 0 unspecified atom stereocenters. The second kappa shape index (κ2) is 8.79. The monoisotopic (exact) mass is 355 g/mol. The van der Waals surface area contributed by atoms with Crippen molar-refractivity contribution in [3.63, 3.8) is 0 Å². The molecule has 21 heavy (non-hydrogen) atoms. The van der Waals surface area contributed by atoms with Crippen LogP contribution in [0.25, 0.3) is 0 Å². The highest BCUT2D eigenvalue weighted by molar-refractivity contribution is 9.10. The maximum absolute atomic E-state index is 12.1. The summed E-state index contributed by atoms with van der Waals surface area (Å²) in [5.74, 6) is -0.577. The van der Waals surface area contributed by atoms with E-state index < -0.39 is 5.91 Å². The number of nitrogens with zero attached hydrogens (tertiary/aromatic N) is 1. The fourth-order valence-electron chi connectivity index (χ4n) is 1.93. The molecule has 0 aromatic heterocycles. The van der Waals surface area contributed by atoms with Crippen LogP contribution in [0.3, 0.4) is 0 Å². The smallest absolute Gasteiger partial charge is 0.238 e. The Bertz CT molecular complexity index is 506. The van der Waals surface area contributed by atoms with Crippen molar-refractivity contribution in [2.45, 2.75) is 26.7 Å². The number of primary amides is 1. The van der Waals surface area contributed by atoms with Crippen LogP contribution in [0.4, 0.5) is 5.69 Å². The summed E-state index contributed by atoms with van der Waals surface area (Å²) in [7, 11) is 0. The van der Waals surface area contributed by atoms with E-state index in [9.17, 15) is 9.59 Å². The molecule has 0 bridgehead atoms. The molecule has 0 aliphatic heterocycles. The third-order valence-electron chi connectivity index (χ3n) is 2.97. The fraction of sp³-hybridized carbons (Fsp3) is 0.467. The number of nitrogens with one attached hydrogen (secondary N) is 1. The summed E-state index contributed by atoms with van der Waals surface area (Å²) >= 11 is 3.42. The van der Waals surface area contributed by atoms with E-state index in [4.69, 9.17) is 5.73 Å². The van der Waals surface area contributed by atoms with Crippen molar-refractivity contribution in [2.75, 3.05) is 25.0 Å².